The third kappa shape index (κ3) is 2.85. The van der Waals surface area contributed by atoms with Gasteiger partial charge in [-0.1, -0.05) is 12.1 Å². The van der Waals surface area contributed by atoms with Gasteiger partial charge in [-0.2, -0.15) is 10.4 Å². The SMILES string of the molecule is N#CCCCn1c(Cn2nc(C3CC3)c3ccncc32)nc2ccccc21. The summed E-state index contributed by atoms with van der Waals surface area (Å²) in [7, 11) is 0. The van der Waals surface area contributed by atoms with Gasteiger partial charge >= 0.3 is 0 Å². The molecule has 4 aromatic rings. The summed E-state index contributed by atoms with van der Waals surface area (Å²) in [5.41, 5.74) is 4.36. The number of nitriles is 1. The van der Waals surface area contributed by atoms with Gasteiger partial charge in [0.15, 0.2) is 0 Å². The van der Waals surface area contributed by atoms with E-state index in [-0.39, 0.29) is 0 Å². The first-order valence-corrected chi connectivity index (χ1v) is 9.46. The van der Waals surface area contributed by atoms with Crippen molar-refractivity contribution in [1.82, 2.24) is 24.3 Å². The molecule has 0 bridgehead atoms. The van der Waals surface area contributed by atoms with E-state index in [1.54, 1.807) is 0 Å². The average molecular weight is 356 g/mol. The molecule has 6 heteroatoms. The van der Waals surface area contributed by atoms with Crippen LogP contribution < -0.4 is 0 Å². The first-order chi connectivity index (χ1) is 13.3. The summed E-state index contributed by atoms with van der Waals surface area (Å²) in [6, 6.07) is 12.5. The van der Waals surface area contributed by atoms with Crippen molar-refractivity contribution in [2.24, 2.45) is 0 Å². The van der Waals surface area contributed by atoms with E-state index >= 15 is 0 Å². The van der Waals surface area contributed by atoms with Gasteiger partial charge in [-0.25, -0.2) is 4.98 Å². The maximum Gasteiger partial charge on any atom is 0.131 e. The largest absolute Gasteiger partial charge is 0.326 e. The van der Waals surface area contributed by atoms with Crippen molar-refractivity contribution in [3.63, 3.8) is 0 Å². The lowest BCUT2D eigenvalue weighted by Gasteiger charge is -2.09. The number of rotatable bonds is 6. The molecule has 27 heavy (non-hydrogen) atoms. The Balaban J connectivity index is 1.58. The van der Waals surface area contributed by atoms with Crippen LogP contribution in [0.4, 0.5) is 0 Å². The van der Waals surface area contributed by atoms with Crippen molar-refractivity contribution in [2.45, 2.75) is 44.7 Å². The second-order valence-corrected chi connectivity index (χ2v) is 7.14. The molecule has 0 N–H and O–H groups in total. The van der Waals surface area contributed by atoms with Gasteiger partial charge in [0.05, 0.1) is 41.1 Å². The summed E-state index contributed by atoms with van der Waals surface area (Å²) < 4.78 is 4.27. The van der Waals surface area contributed by atoms with E-state index in [4.69, 9.17) is 15.3 Å². The number of hydrogen-bond donors (Lipinski definition) is 0. The molecule has 6 nitrogen and oxygen atoms in total. The fourth-order valence-electron chi connectivity index (χ4n) is 3.77. The third-order valence-corrected chi connectivity index (χ3v) is 5.24. The van der Waals surface area contributed by atoms with Crippen LogP contribution in [0.5, 0.6) is 0 Å². The van der Waals surface area contributed by atoms with E-state index in [1.807, 2.05) is 35.3 Å². The van der Waals surface area contributed by atoms with Crippen LogP contribution in [0.3, 0.4) is 0 Å². The van der Waals surface area contributed by atoms with E-state index < -0.39 is 0 Å². The Kier molecular flexibility index (Phi) is 3.86. The molecule has 0 radical (unpaired) electrons. The number of fused-ring (bicyclic) bond motifs is 2. The minimum Gasteiger partial charge on any atom is -0.326 e. The maximum absolute atomic E-state index is 8.90. The zero-order valence-corrected chi connectivity index (χ0v) is 15.0. The van der Waals surface area contributed by atoms with Gasteiger partial charge in [-0.15, -0.1) is 0 Å². The van der Waals surface area contributed by atoms with Gasteiger partial charge in [0.2, 0.25) is 0 Å². The Labute approximate surface area is 157 Å². The van der Waals surface area contributed by atoms with Crippen LogP contribution in [-0.2, 0) is 13.1 Å². The average Bonchev–Trinajstić information content (AvgIpc) is 3.40. The Bertz CT molecular complexity index is 1160. The molecule has 134 valence electrons. The highest BCUT2D eigenvalue weighted by Gasteiger charge is 2.29. The second-order valence-electron chi connectivity index (χ2n) is 7.14. The number of nitrogens with zero attached hydrogens (tertiary/aromatic N) is 6. The quantitative estimate of drug-likeness (QED) is 0.489. The molecule has 0 amide bonds. The van der Waals surface area contributed by atoms with E-state index in [1.165, 1.54) is 23.9 Å². The van der Waals surface area contributed by atoms with Crippen molar-refractivity contribution in [3.05, 3.63) is 54.2 Å². The fourth-order valence-corrected chi connectivity index (χ4v) is 3.77. The molecule has 5 rings (SSSR count). The van der Waals surface area contributed by atoms with Crippen LogP contribution in [0, 0.1) is 11.3 Å². The summed E-state index contributed by atoms with van der Waals surface area (Å²) in [5, 5.41) is 15.0. The van der Waals surface area contributed by atoms with Gasteiger partial charge in [0, 0.05) is 30.5 Å². The van der Waals surface area contributed by atoms with Gasteiger partial charge in [0.25, 0.3) is 0 Å². The molecule has 0 spiro atoms. The number of aromatic nitrogens is 5. The number of imidazole rings is 1. The Morgan fingerprint density at radius 3 is 2.89 bits per heavy atom. The molecule has 1 aliphatic rings. The van der Waals surface area contributed by atoms with E-state index in [0.717, 1.165) is 35.3 Å². The van der Waals surface area contributed by atoms with Gasteiger partial charge in [0.1, 0.15) is 5.82 Å². The minimum atomic E-state index is 0.548. The number of aryl methyl sites for hydroxylation is 1. The standard InChI is InChI=1S/C21H20N6/c22-10-3-4-12-26-18-6-2-1-5-17(18)24-20(26)14-27-19-13-23-11-9-16(19)21(25-27)15-7-8-15/h1-2,5-6,9,11,13,15H,3-4,7-8,12,14H2. The predicted molar refractivity (Wildman–Crippen MR) is 103 cm³/mol. The monoisotopic (exact) mass is 356 g/mol. The van der Waals surface area contributed by atoms with E-state index in [2.05, 4.69) is 27.8 Å². The lowest BCUT2D eigenvalue weighted by atomic mass is 10.2. The fraction of sp³-hybridized carbons (Fsp3) is 0.333. The summed E-state index contributed by atoms with van der Waals surface area (Å²) >= 11 is 0. The van der Waals surface area contributed by atoms with Crippen molar-refractivity contribution in [2.75, 3.05) is 0 Å². The zero-order valence-electron chi connectivity index (χ0n) is 15.0. The van der Waals surface area contributed by atoms with Crippen LogP contribution in [0.15, 0.2) is 42.7 Å². The zero-order chi connectivity index (χ0) is 18.2. The Hall–Kier alpha value is -3.20. The molecule has 0 atom stereocenters. The summed E-state index contributed by atoms with van der Waals surface area (Å²) in [6.45, 7) is 1.40. The summed E-state index contributed by atoms with van der Waals surface area (Å²) in [6.07, 6.45) is 7.56. The highest BCUT2D eigenvalue weighted by Crippen LogP contribution is 2.42. The molecule has 0 unspecified atom stereocenters. The third-order valence-electron chi connectivity index (χ3n) is 5.24. The number of benzene rings is 1. The van der Waals surface area contributed by atoms with Crippen molar-refractivity contribution in [1.29, 1.82) is 5.26 Å². The molecule has 3 heterocycles. The molecular weight excluding hydrogens is 336 g/mol. The first kappa shape index (κ1) is 16.0. The minimum absolute atomic E-state index is 0.548. The van der Waals surface area contributed by atoms with Crippen LogP contribution in [-0.4, -0.2) is 24.3 Å². The van der Waals surface area contributed by atoms with Crippen LogP contribution in [0.2, 0.25) is 0 Å². The smallest absolute Gasteiger partial charge is 0.131 e. The number of unbranched alkanes of at least 4 members (excludes halogenated alkanes) is 1. The molecule has 0 aliphatic heterocycles. The molecule has 1 saturated carbocycles. The molecule has 3 aromatic heterocycles. The predicted octanol–water partition coefficient (Wildman–Crippen LogP) is 4.01. The molecule has 1 fully saturated rings. The molecule has 1 aromatic carbocycles. The van der Waals surface area contributed by atoms with E-state index in [9.17, 15) is 0 Å². The first-order valence-electron chi connectivity index (χ1n) is 9.46. The number of pyridine rings is 1. The van der Waals surface area contributed by atoms with E-state index in [0.29, 0.717) is 18.9 Å². The van der Waals surface area contributed by atoms with Gasteiger partial charge < -0.3 is 4.57 Å². The topological polar surface area (TPSA) is 72.3 Å². The highest BCUT2D eigenvalue weighted by atomic mass is 15.3. The van der Waals surface area contributed by atoms with Crippen molar-refractivity contribution in [3.8, 4) is 6.07 Å². The maximum atomic E-state index is 8.90. The van der Waals surface area contributed by atoms with Crippen molar-refractivity contribution >= 4 is 21.9 Å². The summed E-state index contributed by atoms with van der Waals surface area (Å²) in [4.78, 5) is 9.17. The molecular formula is C21H20N6. The van der Waals surface area contributed by atoms with Gasteiger partial charge in [-0.3, -0.25) is 9.67 Å². The molecule has 0 saturated heterocycles. The Morgan fingerprint density at radius 2 is 2.04 bits per heavy atom. The normalized spacial score (nSPS) is 14.0. The van der Waals surface area contributed by atoms with Crippen LogP contribution in [0.1, 0.15) is 43.1 Å². The highest BCUT2D eigenvalue weighted by molar-refractivity contribution is 5.82. The van der Waals surface area contributed by atoms with Crippen LogP contribution >= 0.6 is 0 Å². The lowest BCUT2D eigenvalue weighted by molar-refractivity contribution is 0.589. The number of hydrogen-bond acceptors (Lipinski definition) is 4. The Morgan fingerprint density at radius 1 is 1.15 bits per heavy atom. The van der Waals surface area contributed by atoms with Crippen LogP contribution in [0.25, 0.3) is 21.9 Å². The summed E-state index contributed by atoms with van der Waals surface area (Å²) in [5.74, 6) is 1.57. The van der Waals surface area contributed by atoms with Gasteiger partial charge in [-0.05, 0) is 37.5 Å². The second kappa shape index (κ2) is 6.51. The lowest BCUT2D eigenvalue weighted by Crippen LogP contribution is -2.10. The molecule has 1 aliphatic carbocycles. The number of para-hydroxylation sites is 2. The van der Waals surface area contributed by atoms with Crippen molar-refractivity contribution < 1.29 is 0 Å².